The Balaban J connectivity index is 1.90. The average Bonchev–Trinajstić information content (AvgIpc) is 2.73. The number of amides is 1. The molecular weight excluding hydrogens is 419 g/mol. The first-order valence-electron chi connectivity index (χ1n) is 9.67. The van der Waals surface area contributed by atoms with Crippen molar-refractivity contribution in [2.45, 2.75) is 18.7 Å². The Kier molecular flexibility index (Phi) is 6.91. The van der Waals surface area contributed by atoms with Crippen LogP contribution in [0.25, 0.3) is 0 Å². The maximum atomic E-state index is 13.4. The van der Waals surface area contributed by atoms with Gasteiger partial charge in [0.15, 0.2) is 0 Å². The number of nitrogens with zero attached hydrogens (tertiary/aromatic N) is 1. The van der Waals surface area contributed by atoms with E-state index in [0.717, 1.165) is 22.0 Å². The molecular formula is C23H23FN2O4S. The number of carbonyl (C=O) groups is 1. The minimum atomic E-state index is -4.06. The largest absolute Gasteiger partial charge is 0.494 e. The topological polar surface area (TPSA) is 75.7 Å². The lowest BCUT2D eigenvalue weighted by molar-refractivity contribution is -0.114. The monoisotopic (exact) mass is 442 g/mol. The molecule has 0 radical (unpaired) electrons. The van der Waals surface area contributed by atoms with E-state index < -0.39 is 28.3 Å². The SMILES string of the molecule is CCOc1cccc(NC(=O)CN(c2ccc(F)cc2)S(=O)(=O)c2ccc(C)cc2)c1. The molecule has 1 amide bonds. The molecule has 162 valence electrons. The summed E-state index contributed by atoms with van der Waals surface area (Å²) in [6, 6.07) is 18.1. The van der Waals surface area contributed by atoms with Crippen LogP contribution in [0.5, 0.6) is 5.75 Å². The van der Waals surface area contributed by atoms with Crippen LogP contribution in [0.4, 0.5) is 15.8 Å². The fourth-order valence-corrected chi connectivity index (χ4v) is 4.34. The molecule has 8 heteroatoms. The fourth-order valence-electron chi connectivity index (χ4n) is 2.92. The van der Waals surface area contributed by atoms with Crippen molar-refractivity contribution in [2.24, 2.45) is 0 Å². The molecule has 0 aliphatic rings. The van der Waals surface area contributed by atoms with Crippen LogP contribution >= 0.6 is 0 Å². The summed E-state index contributed by atoms with van der Waals surface area (Å²) in [5.74, 6) is -0.467. The summed E-state index contributed by atoms with van der Waals surface area (Å²) in [6.45, 7) is 3.69. The number of hydrogen-bond acceptors (Lipinski definition) is 4. The van der Waals surface area contributed by atoms with Crippen molar-refractivity contribution in [1.29, 1.82) is 0 Å². The predicted octanol–water partition coefficient (Wildman–Crippen LogP) is 4.37. The van der Waals surface area contributed by atoms with E-state index in [1.54, 1.807) is 36.4 Å². The van der Waals surface area contributed by atoms with E-state index in [2.05, 4.69) is 5.32 Å². The smallest absolute Gasteiger partial charge is 0.264 e. The Morgan fingerprint density at radius 3 is 2.35 bits per heavy atom. The lowest BCUT2D eigenvalue weighted by Gasteiger charge is -2.24. The van der Waals surface area contributed by atoms with Crippen LogP contribution in [0, 0.1) is 12.7 Å². The first-order chi connectivity index (χ1) is 14.8. The van der Waals surface area contributed by atoms with Gasteiger partial charge in [-0.3, -0.25) is 9.10 Å². The second-order valence-electron chi connectivity index (χ2n) is 6.81. The van der Waals surface area contributed by atoms with Gasteiger partial charge in [0.1, 0.15) is 18.1 Å². The lowest BCUT2D eigenvalue weighted by Crippen LogP contribution is -2.38. The summed E-state index contributed by atoms with van der Waals surface area (Å²) in [5, 5.41) is 2.69. The maximum Gasteiger partial charge on any atom is 0.264 e. The van der Waals surface area contributed by atoms with Crippen LogP contribution in [0.3, 0.4) is 0 Å². The van der Waals surface area contributed by atoms with E-state index in [9.17, 15) is 17.6 Å². The molecule has 31 heavy (non-hydrogen) atoms. The standard InChI is InChI=1S/C23H23FN2O4S/c1-3-30-21-6-4-5-19(15-21)25-23(27)16-26(20-11-9-18(24)10-12-20)31(28,29)22-13-7-17(2)8-14-22/h4-15H,3,16H2,1-2H3,(H,25,27). The van der Waals surface area contributed by atoms with Gasteiger partial charge in [0.25, 0.3) is 10.0 Å². The summed E-state index contributed by atoms with van der Waals surface area (Å²) in [6.07, 6.45) is 0. The molecule has 0 spiro atoms. The minimum absolute atomic E-state index is 0.0357. The van der Waals surface area contributed by atoms with Crippen molar-refractivity contribution in [2.75, 3.05) is 22.8 Å². The predicted molar refractivity (Wildman–Crippen MR) is 118 cm³/mol. The third-order valence-electron chi connectivity index (χ3n) is 4.44. The highest BCUT2D eigenvalue weighted by Gasteiger charge is 2.27. The van der Waals surface area contributed by atoms with Gasteiger partial charge in [-0.1, -0.05) is 23.8 Å². The highest BCUT2D eigenvalue weighted by molar-refractivity contribution is 7.92. The van der Waals surface area contributed by atoms with Gasteiger partial charge in [-0.2, -0.15) is 0 Å². The van der Waals surface area contributed by atoms with Crippen LogP contribution < -0.4 is 14.4 Å². The molecule has 3 rings (SSSR count). The molecule has 1 N–H and O–H groups in total. The number of aryl methyl sites for hydroxylation is 1. The minimum Gasteiger partial charge on any atom is -0.494 e. The molecule has 3 aromatic carbocycles. The quantitative estimate of drug-likeness (QED) is 0.562. The molecule has 0 aliphatic heterocycles. The maximum absolute atomic E-state index is 13.4. The number of hydrogen-bond donors (Lipinski definition) is 1. The van der Waals surface area contributed by atoms with Gasteiger partial charge in [0, 0.05) is 11.8 Å². The Labute approximate surface area is 181 Å². The first kappa shape index (κ1) is 22.3. The molecule has 0 unspecified atom stereocenters. The van der Waals surface area contributed by atoms with E-state index in [-0.39, 0.29) is 10.6 Å². The van der Waals surface area contributed by atoms with E-state index in [0.29, 0.717) is 18.0 Å². The highest BCUT2D eigenvalue weighted by atomic mass is 32.2. The molecule has 0 saturated carbocycles. The average molecular weight is 443 g/mol. The lowest BCUT2D eigenvalue weighted by atomic mass is 10.2. The fraction of sp³-hybridized carbons (Fsp3) is 0.174. The number of halogens is 1. The van der Waals surface area contributed by atoms with Crippen LogP contribution in [0.15, 0.2) is 77.7 Å². The van der Waals surface area contributed by atoms with Crippen molar-refractivity contribution in [3.63, 3.8) is 0 Å². The van der Waals surface area contributed by atoms with Gasteiger partial charge in [-0.25, -0.2) is 12.8 Å². The van der Waals surface area contributed by atoms with E-state index >= 15 is 0 Å². The van der Waals surface area contributed by atoms with Crippen molar-refractivity contribution < 1.29 is 22.3 Å². The molecule has 0 heterocycles. The Bertz CT molecular complexity index is 1150. The molecule has 0 saturated heterocycles. The van der Waals surface area contributed by atoms with Crippen LogP contribution in [-0.2, 0) is 14.8 Å². The third kappa shape index (κ3) is 5.61. The van der Waals surface area contributed by atoms with Crippen molar-refractivity contribution >= 4 is 27.3 Å². The molecule has 3 aromatic rings. The first-order valence-corrected chi connectivity index (χ1v) is 11.1. The van der Waals surface area contributed by atoms with Crippen LogP contribution in [0.1, 0.15) is 12.5 Å². The summed E-state index contributed by atoms with van der Waals surface area (Å²) in [4.78, 5) is 12.8. The van der Waals surface area contributed by atoms with Crippen LogP contribution in [-0.4, -0.2) is 27.5 Å². The van der Waals surface area contributed by atoms with E-state index in [4.69, 9.17) is 4.74 Å². The van der Waals surface area contributed by atoms with Gasteiger partial charge in [-0.05, 0) is 62.4 Å². The number of rotatable bonds is 8. The normalized spacial score (nSPS) is 11.1. The zero-order valence-corrected chi connectivity index (χ0v) is 18.0. The van der Waals surface area contributed by atoms with Gasteiger partial charge in [0.05, 0.1) is 17.2 Å². The second kappa shape index (κ2) is 9.61. The second-order valence-corrected chi connectivity index (χ2v) is 8.67. The summed E-state index contributed by atoms with van der Waals surface area (Å²) in [7, 11) is -4.06. The Morgan fingerprint density at radius 1 is 1.03 bits per heavy atom. The third-order valence-corrected chi connectivity index (χ3v) is 6.23. The van der Waals surface area contributed by atoms with E-state index in [1.807, 2.05) is 13.8 Å². The number of anilines is 2. The Hall–Kier alpha value is -3.39. The molecule has 0 aromatic heterocycles. The number of nitrogens with one attached hydrogen (secondary N) is 1. The van der Waals surface area contributed by atoms with Crippen molar-refractivity contribution in [3.05, 3.63) is 84.2 Å². The van der Waals surface area contributed by atoms with E-state index in [1.165, 1.54) is 24.3 Å². The highest BCUT2D eigenvalue weighted by Crippen LogP contribution is 2.25. The molecule has 6 nitrogen and oxygen atoms in total. The van der Waals surface area contributed by atoms with Crippen molar-refractivity contribution in [1.82, 2.24) is 0 Å². The molecule has 0 atom stereocenters. The van der Waals surface area contributed by atoms with Crippen molar-refractivity contribution in [3.8, 4) is 5.75 Å². The number of benzene rings is 3. The zero-order valence-electron chi connectivity index (χ0n) is 17.2. The number of carbonyl (C=O) groups excluding carboxylic acids is 1. The van der Waals surface area contributed by atoms with Gasteiger partial charge >= 0.3 is 0 Å². The zero-order chi connectivity index (χ0) is 22.4. The summed E-state index contributed by atoms with van der Waals surface area (Å²) in [5.41, 5.74) is 1.56. The molecule has 0 aliphatic carbocycles. The molecule has 0 bridgehead atoms. The van der Waals surface area contributed by atoms with Gasteiger partial charge in [0.2, 0.25) is 5.91 Å². The Morgan fingerprint density at radius 2 is 1.71 bits per heavy atom. The van der Waals surface area contributed by atoms with Gasteiger partial charge in [-0.15, -0.1) is 0 Å². The number of sulfonamides is 1. The number of ether oxygens (including phenoxy) is 1. The summed E-state index contributed by atoms with van der Waals surface area (Å²) < 4.78 is 46.4. The van der Waals surface area contributed by atoms with Gasteiger partial charge < -0.3 is 10.1 Å². The summed E-state index contributed by atoms with van der Waals surface area (Å²) >= 11 is 0. The molecule has 0 fully saturated rings. The van der Waals surface area contributed by atoms with Crippen LogP contribution in [0.2, 0.25) is 0 Å².